The van der Waals surface area contributed by atoms with Crippen molar-refractivity contribution >= 4 is 11.9 Å². The van der Waals surface area contributed by atoms with E-state index in [2.05, 4.69) is 16.1 Å². The van der Waals surface area contributed by atoms with E-state index >= 15 is 0 Å². The van der Waals surface area contributed by atoms with Gasteiger partial charge >= 0.3 is 0 Å². The molecule has 1 heterocycles. The van der Waals surface area contributed by atoms with Gasteiger partial charge in [0.2, 0.25) is 0 Å². The molecule has 154 valence electrons. The molecule has 3 aromatic rings. The van der Waals surface area contributed by atoms with Crippen LogP contribution in [0.5, 0.6) is 0 Å². The van der Waals surface area contributed by atoms with Crippen molar-refractivity contribution in [3.8, 4) is 5.69 Å². The van der Waals surface area contributed by atoms with E-state index in [1.807, 2.05) is 32.2 Å². The fourth-order valence-electron chi connectivity index (χ4n) is 3.07. The third kappa shape index (κ3) is 5.63. The number of nitrogens with zero attached hydrogens (tertiary/aromatic N) is 4. The molecule has 0 radical (unpaired) electrons. The Hall–Kier alpha value is -2.26. The zero-order chi connectivity index (χ0) is 20.8. The van der Waals surface area contributed by atoms with Gasteiger partial charge in [-0.25, -0.2) is 14.1 Å². The summed E-state index contributed by atoms with van der Waals surface area (Å²) in [5.41, 5.74) is 2.64. The number of aromatic nitrogens is 3. The van der Waals surface area contributed by atoms with Gasteiger partial charge in [0.25, 0.3) is 0 Å². The van der Waals surface area contributed by atoms with Crippen LogP contribution in [0.4, 0.5) is 4.39 Å². The van der Waals surface area contributed by atoms with Gasteiger partial charge in [-0.1, -0.05) is 29.8 Å². The normalized spacial score (nSPS) is 11.4. The third-order valence-electron chi connectivity index (χ3n) is 4.53. The molecule has 29 heavy (non-hydrogen) atoms. The first kappa shape index (κ1) is 21.4. The Labute approximate surface area is 175 Å². The summed E-state index contributed by atoms with van der Waals surface area (Å²) < 4.78 is 21.5. The molecule has 2 aromatic carbocycles. The SMILES string of the molecule is COCCN(C)Cc1nc(Cc2cccc(C)c2)n(-c2ccc(SN)cc2F)n1. The Bertz CT molecular complexity index is 962. The Morgan fingerprint density at radius 2 is 2.07 bits per heavy atom. The highest BCUT2D eigenvalue weighted by molar-refractivity contribution is 7.97. The maximum atomic E-state index is 14.8. The average molecular weight is 416 g/mol. The molecule has 0 aliphatic rings. The van der Waals surface area contributed by atoms with Crippen molar-refractivity contribution in [3.63, 3.8) is 0 Å². The maximum absolute atomic E-state index is 14.8. The van der Waals surface area contributed by atoms with Crippen LogP contribution in [0.3, 0.4) is 0 Å². The fraction of sp³-hybridized carbons (Fsp3) is 0.333. The van der Waals surface area contributed by atoms with E-state index in [0.29, 0.717) is 41.8 Å². The van der Waals surface area contributed by atoms with Crippen LogP contribution in [0.15, 0.2) is 47.4 Å². The zero-order valence-electron chi connectivity index (χ0n) is 16.9. The summed E-state index contributed by atoms with van der Waals surface area (Å²) in [6.07, 6.45) is 0.559. The Morgan fingerprint density at radius 1 is 1.24 bits per heavy atom. The number of likely N-dealkylation sites (N-methyl/N-ethyl adjacent to an activating group) is 1. The second-order valence-corrected chi connectivity index (χ2v) is 7.69. The summed E-state index contributed by atoms with van der Waals surface area (Å²) in [5, 5.41) is 10.2. The van der Waals surface area contributed by atoms with Crippen molar-refractivity contribution in [1.29, 1.82) is 0 Å². The first-order chi connectivity index (χ1) is 14.0. The van der Waals surface area contributed by atoms with Crippen LogP contribution in [0.1, 0.15) is 22.8 Å². The van der Waals surface area contributed by atoms with Crippen molar-refractivity contribution in [2.75, 3.05) is 27.3 Å². The third-order valence-corrected chi connectivity index (χ3v) is 5.06. The van der Waals surface area contributed by atoms with Crippen LogP contribution < -0.4 is 5.14 Å². The standard InChI is InChI=1S/C21H26FN5OS/c1-15-5-4-6-16(11-15)12-21-24-20(14-26(2)9-10-28-3)25-27(21)19-8-7-17(29-23)13-18(19)22/h4-8,11,13H,9-10,12,14,23H2,1-3H3. The van der Waals surface area contributed by atoms with Crippen LogP contribution in [-0.4, -0.2) is 47.0 Å². The molecular formula is C21H26FN5OS. The largest absolute Gasteiger partial charge is 0.383 e. The number of hydrogen-bond donors (Lipinski definition) is 1. The van der Waals surface area contributed by atoms with Gasteiger partial charge in [-0.15, -0.1) is 5.10 Å². The molecule has 0 fully saturated rings. The summed E-state index contributed by atoms with van der Waals surface area (Å²) in [6, 6.07) is 13.1. The van der Waals surface area contributed by atoms with Crippen LogP contribution in [0.2, 0.25) is 0 Å². The highest BCUT2D eigenvalue weighted by Gasteiger charge is 2.17. The zero-order valence-corrected chi connectivity index (χ0v) is 17.7. The Kier molecular flexibility index (Phi) is 7.38. The predicted molar refractivity (Wildman–Crippen MR) is 114 cm³/mol. The summed E-state index contributed by atoms with van der Waals surface area (Å²) >= 11 is 1.01. The smallest absolute Gasteiger partial charge is 0.165 e. The van der Waals surface area contributed by atoms with Crippen LogP contribution in [-0.2, 0) is 17.7 Å². The monoisotopic (exact) mass is 415 g/mol. The summed E-state index contributed by atoms with van der Waals surface area (Å²) in [4.78, 5) is 7.45. The van der Waals surface area contributed by atoms with Gasteiger partial charge in [0, 0.05) is 25.0 Å². The molecule has 0 saturated carbocycles. The average Bonchev–Trinajstić information content (AvgIpc) is 3.07. The minimum atomic E-state index is -0.380. The van der Waals surface area contributed by atoms with Gasteiger partial charge in [-0.2, -0.15) is 0 Å². The lowest BCUT2D eigenvalue weighted by Crippen LogP contribution is -2.23. The fourth-order valence-corrected chi connectivity index (χ4v) is 3.39. The molecule has 3 rings (SSSR count). The number of halogens is 1. The van der Waals surface area contributed by atoms with E-state index in [-0.39, 0.29) is 5.82 Å². The van der Waals surface area contributed by atoms with Crippen molar-refractivity contribution in [3.05, 3.63) is 71.1 Å². The number of nitrogens with two attached hydrogens (primary N) is 1. The first-order valence-corrected chi connectivity index (χ1v) is 10.2. The van der Waals surface area contributed by atoms with Crippen LogP contribution >= 0.6 is 11.9 Å². The number of hydrogen-bond acceptors (Lipinski definition) is 6. The van der Waals surface area contributed by atoms with Crippen molar-refractivity contribution in [1.82, 2.24) is 19.7 Å². The molecule has 8 heteroatoms. The topological polar surface area (TPSA) is 69.2 Å². The second kappa shape index (κ2) is 9.98. The molecule has 6 nitrogen and oxygen atoms in total. The van der Waals surface area contributed by atoms with E-state index in [9.17, 15) is 4.39 Å². The van der Waals surface area contributed by atoms with E-state index in [4.69, 9.17) is 14.9 Å². The molecular weight excluding hydrogens is 389 g/mol. The molecule has 1 aromatic heterocycles. The predicted octanol–water partition coefficient (Wildman–Crippen LogP) is 3.35. The molecule has 0 saturated heterocycles. The molecule has 0 amide bonds. The molecule has 0 aliphatic heterocycles. The second-order valence-electron chi connectivity index (χ2n) is 6.98. The Morgan fingerprint density at radius 3 is 2.76 bits per heavy atom. The molecule has 0 aliphatic carbocycles. The minimum absolute atomic E-state index is 0.365. The lowest BCUT2D eigenvalue weighted by Gasteiger charge is -2.13. The van der Waals surface area contributed by atoms with Crippen molar-refractivity contribution in [2.45, 2.75) is 24.8 Å². The van der Waals surface area contributed by atoms with E-state index in [0.717, 1.165) is 24.1 Å². The van der Waals surface area contributed by atoms with Crippen LogP contribution in [0, 0.1) is 12.7 Å². The van der Waals surface area contributed by atoms with Gasteiger partial charge in [-0.3, -0.25) is 10.0 Å². The van der Waals surface area contributed by atoms with Gasteiger partial charge < -0.3 is 4.74 Å². The maximum Gasteiger partial charge on any atom is 0.165 e. The molecule has 0 bridgehead atoms. The van der Waals surface area contributed by atoms with E-state index in [1.165, 1.54) is 11.6 Å². The Balaban J connectivity index is 1.95. The highest BCUT2D eigenvalue weighted by Crippen LogP contribution is 2.22. The first-order valence-electron chi connectivity index (χ1n) is 9.34. The molecule has 0 spiro atoms. The molecule has 0 unspecified atom stereocenters. The van der Waals surface area contributed by atoms with E-state index in [1.54, 1.807) is 23.9 Å². The van der Waals surface area contributed by atoms with Gasteiger partial charge in [0.1, 0.15) is 17.3 Å². The number of aryl methyl sites for hydroxylation is 1. The molecule has 0 atom stereocenters. The molecule has 2 N–H and O–H groups in total. The lowest BCUT2D eigenvalue weighted by molar-refractivity contribution is 0.157. The lowest BCUT2D eigenvalue weighted by atomic mass is 10.1. The van der Waals surface area contributed by atoms with Gasteiger partial charge in [0.15, 0.2) is 5.82 Å². The van der Waals surface area contributed by atoms with Gasteiger partial charge in [-0.05, 0) is 49.7 Å². The van der Waals surface area contributed by atoms with Crippen molar-refractivity contribution in [2.24, 2.45) is 5.14 Å². The van der Waals surface area contributed by atoms with Crippen LogP contribution in [0.25, 0.3) is 5.69 Å². The van der Waals surface area contributed by atoms with E-state index < -0.39 is 0 Å². The number of ether oxygens (including phenoxy) is 1. The van der Waals surface area contributed by atoms with Gasteiger partial charge in [0.05, 0.1) is 13.2 Å². The summed E-state index contributed by atoms with van der Waals surface area (Å²) in [6.45, 7) is 3.98. The quantitative estimate of drug-likeness (QED) is 0.541. The number of rotatable bonds is 9. The number of benzene rings is 2. The van der Waals surface area contributed by atoms with Crippen molar-refractivity contribution < 1.29 is 9.13 Å². The summed E-state index contributed by atoms with van der Waals surface area (Å²) in [7, 11) is 3.65. The summed E-state index contributed by atoms with van der Waals surface area (Å²) in [5.74, 6) is 0.954. The minimum Gasteiger partial charge on any atom is -0.383 e. The number of methoxy groups -OCH3 is 1. The highest BCUT2D eigenvalue weighted by atomic mass is 32.2.